The third-order valence-corrected chi connectivity index (χ3v) is 3.09. The average Bonchev–Trinajstić information content (AvgIpc) is 2.53. The quantitative estimate of drug-likeness (QED) is 0.765. The van der Waals surface area contributed by atoms with Gasteiger partial charge in [0.2, 0.25) is 0 Å². The van der Waals surface area contributed by atoms with E-state index in [2.05, 4.69) is 22.5 Å². The SMILES string of the molecule is Clc1cnc(NC2C=CCCC2)s1. The van der Waals surface area contributed by atoms with Gasteiger partial charge in [-0.3, -0.25) is 0 Å². The molecule has 0 spiro atoms. The molecular formula is C9H11ClN2S. The van der Waals surface area contributed by atoms with Crippen molar-refractivity contribution in [1.82, 2.24) is 4.98 Å². The summed E-state index contributed by atoms with van der Waals surface area (Å²) in [7, 11) is 0. The molecule has 1 aliphatic carbocycles. The van der Waals surface area contributed by atoms with Gasteiger partial charge in [-0.05, 0) is 19.3 Å². The fourth-order valence-corrected chi connectivity index (χ4v) is 2.29. The molecule has 1 unspecified atom stereocenters. The van der Waals surface area contributed by atoms with Crippen LogP contribution in [-0.4, -0.2) is 11.0 Å². The lowest BCUT2D eigenvalue weighted by atomic mass is 10.0. The van der Waals surface area contributed by atoms with Crippen LogP contribution in [0.3, 0.4) is 0 Å². The van der Waals surface area contributed by atoms with Gasteiger partial charge in [-0.15, -0.1) is 0 Å². The lowest BCUT2D eigenvalue weighted by Crippen LogP contribution is -2.18. The maximum Gasteiger partial charge on any atom is 0.184 e. The Morgan fingerprint density at radius 3 is 3.15 bits per heavy atom. The smallest absolute Gasteiger partial charge is 0.184 e. The third kappa shape index (κ3) is 2.45. The molecule has 0 bridgehead atoms. The lowest BCUT2D eigenvalue weighted by molar-refractivity contribution is 0.673. The zero-order valence-electron chi connectivity index (χ0n) is 7.16. The highest BCUT2D eigenvalue weighted by Crippen LogP contribution is 2.24. The van der Waals surface area contributed by atoms with E-state index >= 15 is 0 Å². The first-order valence-electron chi connectivity index (χ1n) is 4.39. The summed E-state index contributed by atoms with van der Waals surface area (Å²) in [5.74, 6) is 0. The molecule has 0 aliphatic heterocycles. The lowest BCUT2D eigenvalue weighted by Gasteiger charge is -2.16. The monoisotopic (exact) mass is 214 g/mol. The molecule has 0 saturated carbocycles. The van der Waals surface area contributed by atoms with Gasteiger partial charge >= 0.3 is 0 Å². The van der Waals surface area contributed by atoms with Crippen molar-refractivity contribution < 1.29 is 0 Å². The summed E-state index contributed by atoms with van der Waals surface area (Å²) in [6.45, 7) is 0. The number of allylic oxidation sites excluding steroid dienone is 1. The Morgan fingerprint density at radius 1 is 1.62 bits per heavy atom. The van der Waals surface area contributed by atoms with Crippen molar-refractivity contribution in [3.05, 3.63) is 22.7 Å². The number of aromatic nitrogens is 1. The molecule has 13 heavy (non-hydrogen) atoms. The summed E-state index contributed by atoms with van der Waals surface area (Å²) >= 11 is 7.27. The van der Waals surface area contributed by atoms with Crippen LogP contribution in [-0.2, 0) is 0 Å². The van der Waals surface area contributed by atoms with Gasteiger partial charge < -0.3 is 5.32 Å². The number of rotatable bonds is 2. The van der Waals surface area contributed by atoms with E-state index in [1.165, 1.54) is 30.6 Å². The van der Waals surface area contributed by atoms with Crippen LogP contribution in [0.25, 0.3) is 0 Å². The van der Waals surface area contributed by atoms with Crippen LogP contribution in [0, 0.1) is 0 Å². The summed E-state index contributed by atoms with van der Waals surface area (Å²) in [5.41, 5.74) is 0. The Bertz CT molecular complexity index is 308. The molecule has 4 heteroatoms. The zero-order chi connectivity index (χ0) is 9.10. The summed E-state index contributed by atoms with van der Waals surface area (Å²) in [6.07, 6.45) is 9.76. The van der Waals surface area contributed by atoms with Gasteiger partial charge in [-0.2, -0.15) is 0 Å². The Hall–Kier alpha value is -0.540. The zero-order valence-corrected chi connectivity index (χ0v) is 8.74. The van der Waals surface area contributed by atoms with E-state index in [4.69, 9.17) is 11.6 Å². The summed E-state index contributed by atoms with van der Waals surface area (Å²) in [6, 6.07) is 0.441. The van der Waals surface area contributed by atoms with Crippen molar-refractivity contribution in [2.45, 2.75) is 25.3 Å². The maximum atomic E-state index is 5.78. The number of thiazole rings is 1. The fourth-order valence-electron chi connectivity index (χ4n) is 1.41. The van der Waals surface area contributed by atoms with Crippen molar-refractivity contribution in [3.63, 3.8) is 0 Å². The van der Waals surface area contributed by atoms with Gasteiger partial charge in [-0.1, -0.05) is 35.1 Å². The second-order valence-corrected chi connectivity index (χ2v) is 4.74. The van der Waals surface area contributed by atoms with Crippen LogP contribution in [0.4, 0.5) is 5.13 Å². The maximum absolute atomic E-state index is 5.78. The Balaban J connectivity index is 1.97. The molecule has 0 saturated heterocycles. The normalized spacial score (nSPS) is 21.8. The standard InChI is InChI=1S/C9H11ClN2S/c10-8-6-11-9(13-8)12-7-4-2-1-3-5-7/h2,4,6-7H,1,3,5H2,(H,11,12). The minimum absolute atomic E-state index is 0.441. The van der Waals surface area contributed by atoms with Gasteiger partial charge in [0.05, 0.1) is 6.20 Å². The van der Waals surface area contributed by atoms with Gasteiger partial charge in [0.25, 0.3) is 0 Å². The highest BCUT2D eigenvalue weighted by molar-refractivity contribution is 7.19. The number of hydrogen-bond acceptors (Lipinski definition) is 3. The molecule has 1 aromatic heterocycles. The Morgan fingerprint density at radius 2 is 2.54 bits per heavy atom. The topological polar surface area (TPSA) is 24.9 Å². The number of anilines is 1. The molecule has 0 amide bonds. The van der Waals surface area contributed by atoms with E-state index in [1.807, 2.05) is 0 Å². The minimum Gasteiger partial charge on any atom is -0.355 e. The molecule has 0 radical (unpaired) electrons. The molecular weight excluding hydrogens is 204 g/mol. The predicted octanol–water partition coefficient (Wildman–Crippen LogP) is 3.32. The first-order valence-corrected chi connectivity index (χ1v) is 5.58. The largest absolute Gasteiger partial charge is 0.355 e. The van der Waals surface area contributed by atoms with Crippen molar-refractivity contribution in [2.75, 3.05) is 5.32 Å². The van der Waals surface area contributed by atoms with Crippen LogP contribution in [0.1, 0.15) is 19.3 Å². The van der Waals surface area contributed by atoms with E-state index in [-0.39, 0.29) is 0 Å². The third-order valence-electron chi connectivity index (χ3n) is 2.04. The van der Waals surface area contributed by atoms with Gasteiger partial charge in [-0.25, -0.2) is 4.98 Å². The van der Waals surface area contributed by atoms with E-state index in [9.17, 15) is 0 Å². The molecule has 2 nitrogen and oxygen atoms in total. The molecule has 0 aromatic carbocycles. The number of nitrogens with zero attached hydrogens (tertiary/aromatic N) is 1. The van der Waals surface area contributed by atoms with Gasteiger partial charge in [0, 0.05) is 6.04 Å². The van der Waals surface area contributed by atoms with E-state index in [0.717, 1.165) is 9.47 Å². The molecule has 1 aromatic rings. The molecule has 1 atom stereocenters. The van der Waals surface area contributed by atoms with Crippen LogP contribution in [0.2, 0.25) is 4.34 Å². The van der Waals surface area contributed by atoms with E-state index in [1.54, 1.807) is 6.20 Å². The van der Waals surface area contributed by atoms with Crippen LogP contribution < -0.4 is 5.32 Å². The summed E-state index contributed by atoms with van der Waals surface area (Å²) in [5, 5.41) is 4.26. The second kappa shape index (κ2) is 4.11. The first-order chi connectivity index (χ1) is 6.34. The van der Waals surface area contributed by atoms with Crippen molar-refractivity contribution in [1.29, 1.82) is 0 Å². The molecule has 1 heterocycles. The van der Waals surface area contributed by atoms with Crippen LogP contribution >= 0.6 is 22.9 Å². The van der Waals surface area contributed by atoms with Crippen molar-refractivity contribution in [2.24, 2.45) is 0 Å². The average molecular weight is 215 g/mol. The molecule has 70 valence electrons. The minimum atomic E-state index is 0.441. The Kier molecular flexibility index (Phi) is 2.86. The van der Waals surface area contributed by atoms with Crippen LogP contribution in [0.15, 0.2) is 18.3 Å². The highest BCUT2D eigenvalue weighted by Gasteiger charge is 2.09. The first kappa shape index (κ1) is 9.03. The molecule has 1 aliphatic rings. The van der Waals surface area contributed by atoms with Crippen molar-refractivity contribution >= 4 is 28.1 Å². The second-order valence-electron chi connectivity index (χ2n) is 3.08. The highest BCUT2D eigenvalue weighted by atomic mass is 35.5. The molecule has 1 N–H and O–H groups in total. The number of halogens is 1. The van der Waals surface area contributed by atoms with E-state index in [0.29, 0.717) is 6.04 Å². The van der Waals surface area contributed by atoms with Gasteiger partial charge in [0.15, 0.2) is 5.13 Å². The summed E-state index contributed by atoms with van der Waals surface area (Å²) < 4.78 is 0.738. The fraction of sp³-hybridized carbons (Fsp3) is 0.444. The summed E-state index contributed by atoms with van der Waals surface area (Å²) in [4.78, 5) is 4.15. The molecule has 2 rings (SSSR count). The van der Waals surface area contributed by atoms with Crippen LogP contribution in [0.5, 0.6) is 0 Å². The number of hydrogen-bond donors (Lipinski definition) is 1. The number of nitrogens with one attached hydrogen (secondary N) is 1. The Labute approximate surface area is 86.6 Å². The van der Waals surface area contributed by atoms with Gasteiger partial charge in [0.1, 0.15) is 4.34 Å². The van der Waals surface area contributed by atoms with E-state index < -0.39 is 0 Å². The van der Waals surface area contributed by atoms with Crippen molar-refractivity contribution in [3.8, 4) is 0 Å². The molecule has 0 fully saturated rings. The predicted molar refractivity (Wildman–Crippen MR) is 57.5 cm³/mol.